The number of rotatable bonds is 7. The Bertz CT molecular complexity index is 371. The van der Waals surface area contributed by atoms with Crippen LogP contribution in [0, 0.1) is 5.92 Å². The molecule has 112 valence electrons. The predicted octanol–water partition coefficient (Wildman–Crippen LogP) is 3.07. The molecule has 0 atom stereocenters. The summed E-state index contributed by atoms with van der Waals surface area (Å²) in [6.07, 6.45) is 6.85. The van der Waals surface area contributed by atoms with E-state index in [9.17, 15) is 5.11 Å². The van der Waals surface area contributed by atoms with E-state index < -0.39 is 0 Å². The van der Waals surface area contributed by atoms with Crippen LogP contribution in [-0.4, -0.2) is 36.8 Å². The lowest BCUT2D eigenvalue weighted by atomic mass is 9.89. The fraction of sp³-hybridized carbons (Fsp3) is 0.647. The second-order valence-corrected chi connectivity index (χ2v) is 5.81. The molecule has 0 saturated heterocycles. The van der Waals surface area contributed by atoms with Gasteiger partial charge in [-0.25, -0.2) is 0 Å². The van der Waals surface area contributed by atoms with E-state index in [1.807, 2.05) is 12.1 Å². The zero-order valence-corrected chi connectivity index (χ0v) is 12.6. The average molecular weight is 277 g/mol. The van der Waals surface area contributed by atoms with Gasteiger partial charge in [-0.15, -0.1) is 0 Å². The summed E-state index contributed by atoms with van der Waals surface area (Å²) in [5.41, 5.74) is 1.29. The molecule has 0 aliphatic heterocycles. The summed E-state index contributed by atoms with van der Waals surface area (Å²) < 4.78 is 5.19. The molecule has 0 spiro atoms. The molecule has 1 fully saturated rings. The van der Waals surface area contributed by atoms with E-state index in [2.05, 4.69) is 17.0 Å². The van der Waals surface area contributed by atoms with Crippen LogP contribution in [0.2, 0.25) is 0 Å². The zero-order valence-electron chi connectivity index (χ0n) is 12.6. The van der Waals surface area contributed by atoms with Gasteiger partial charge in [-0.2, -0.15) is 0 Å². The Balaban J connectivity index is 1.89. The van der Waals surface area contributed by atoms with Gasteiger partial charge in [0.15, 0.2) is 0 Å². The number of aliphatic hydroxyl groups is 1. The van der Waals surface area contributed by atoms with Crippen LogP contribution in [0.25, 0.3) is 0 Å². The molecule has 1 aliphatic rings. The molecular weight excluding hydrogens is 250 g/mol. The van der Waals surface area contributed by atoms with Crippen LogP contribution < -0.4 is 4.74 Å². The second-order valence-electron chi connectivity index (χ2n) is 5.81. The molecule has 3 heteroatoms. The highest BCUT2D eigenvalue weighted by Crippen LogP contribution is 2.25. The maximum Gasteiger partial charge on any atom is 0.118 e. The summed E-state index contributed by atoms with van der Waals surface area (Å²) in [6, 6.07) is 8.24. The van der Waals surface area contributed by atoms with Gasteiger partial charge in [-0.05, 0) is 36.5 Å². The number of methoxy groups -OCH3 is 1. The molecule has 1 aliphatic carbocycles. The molecule has 3 nitrogen and oxygen atoms in total. The second kappa shape index (κ2) is 8.28. The standard InChI is InChI=1S/C17H27NO2/c1-20-17-9-7-16(8-10-17)14-18(11-12-19)13-15-5-3-2-4-6-15/h7-10,15,19H,2-6,11-14H2,1H3. The lowest BCUT2D eigenvalue weighted by Crippen LogP contribution is -2.32. The fourth-order valence-corrected chi connectivity index (χ4v) is 3.10. The third-order valence-corrected chi connectivity index (χ3v) is 4.22. The predicted molar refractivity (Wildman–Crippen MR) is 81.9 cm³/mol. The SMILES string of the molecule is COc1ccc(CN(CCO)CC2CCCCC2)cc1. The normalized spacial score (nSPS) is 16.6. The van der Waals surface area contributed by atoms with Gasteiger partial charge in [-0.3, -0.25) is 4.90 Å². The number of hydrogen-bond acceptors (Lipinski definition) is 3. The van der Waals surface area contributed by atoms with Crippen LogP contribution in [0.15, 0.2) is 24.3 Å². The third-order valence-electron chi connectivity index (χ3n) is 4.22. The zero-order chi connectivity index (χ0) is 14.2. The molecule has 0 radical (unpaired) electrons. The van der Waals surface area contributed by atoms with Crippen LogP contribution in [0.4, 0.5) is 0 Å². The summed E-state index contributed by atoms with van der Waals surface area (Å²) in [6.45, 7) is 3.04. The van der Waals surface area contributed by atoms with Crippen LogP contribution in [0.5, 0.6) is 5.75 Å². The van der Waals surface area contributed by atoms with Gasteiger partial charge in [0.1, 0.15) is 5.75 Å². The van der Waals surface area contributed by atoms with Crippen LogP contribution in [0.1, 0.15) is 37.7 Å². The summed E-state index contributed by atoms with van der Waals surface area (Å²) in [7, 11) is 1.69. The van der Waals surface area contributed by atoms with E-state index >= 15 is 0 Å². The molecule has 0 amide bonds. The van der Waals surface area contributed by atoms with Crippen molar-refractivity contribution in [1.29, 1.82) is 0 Å². The molecule has 0 heterocycles. The van der Waals surface area contributed by atoms with Gasteiger partial charge in [0.05, 0.1) is 13.7 Å². The Kier molecular flexibility index (Phi) is 6.34. The van der Waals surface area contributed by atoms with Crippen molar-refractivity contribution >= 4 is 0 Å². The first-order valence-corrected chi connectivity index (χ1v) is 7.78. The number of nitrogens with zero attached hydrogens (tertiary/aromatic N) is 1. The van der Waals surface area contributed by atoms with Gasteiger partial charge < -0.3 is 9.84 Å². The molecule has 0 bridgehead atoms. The van der Waals surface area contributed by atoms with Crippen molar-refractivity contribution in [3.63, 3.8) is 0 Å². The first kappa shape index (κ1) is 15.3. The minimum atomic E-state index is 0.239. The van der Waals surface area contributed by atoms with E-state index in [4.69, 9.17) is 4.74 Å². The van der Waals surface area contributed by atoms with Crippen molar-refractivity contribution in [1.82, 2.24) is 4.90 Å². The highest BCUT2D eigenvalue weighted by atomic mass is 16.5. The average Bonchev–Trinajstić information content (AvgIpc) is 2.49. The Labute approximate surface area is 122 Å². The van der Waals surface area contributed by atoms with Crippen molar-refractivity contribution in [3.8, 4) is 5.75 Å². The van der Waals surface area contributed by atoms with Gasteiger partial charge in [0.25, 0.3) is 0 Å². The summed E-state index contributed by atoms with van der Waals surface area (Å²) in [5, 5.41) is 9.26. The van der Waals surface area contributed by atoms with Crippen molar-refractivity contribution in [2.45, 2.75) is 38.6 Å². The largest absolute Gasteiger partial charge is 0.497 e. The van der Waals surface area contributed by atoms with E-state index in [1.165, 1.54) is 37.7 Å². The molecule has 1 N–H and O–H groups in total. The van der Waals surface area contributed by atoms with Gasteiger partial charge in [0.2, 0.25) is 0 Å². The number of benzene rings is 1. The van der Waals surface area contributed by atoms with E-state index in [0.717, 1.165) is 31.3 Å². The van der Waals surface area contributed by atoms with E-state index in [1.54, 1.807) is 7.11 Å². The topological polar surface area (TPSA) is 32.7 Å². The highest BCUT2D eigenvalue weighted by Gasteiger charge is 2.17. The van der Waals surface area contributed by atoms with Crippen molar-refractivity contribution < 1.29 is 9.84 Å². The van der Waals surface area contributed by atoms with Crippen molar-refractivity contribution in [3.05, 3.63) is 29.8 Å². The Morgan fingerprint density at radius 3 is 2.45 bits per heavy atom. The lowest BCUT2D eigenvalue weighted by Gasteiger charge is -2.29. The molecule has 1 aromatic carbocycles. The molecule has 2 rings (SSSR count). The number of ether oxygens (including phenoxy) is 1. The van der Waals surface area contributed by atoms with Gasteiger partial charge >= 0.3 is 0 Å². The molecular formula is C17H27NO2. The minimum absolute atomic E-state index is 0.239. The first-order chi connectivity index (χ1) is 9.81. The Hall–Kier alpha value is -1.06. The van der Waals surface area contributed by atoms with Crippen LogP contribution in [0.3, 0.4) is 0 Å². The maximum atomic E-state index is 9.26. The Morgan fingerprint density at radius 1 is 1.15 bits per heavy atom. The third kappa shape index (κ3) is 4.80. The first-order valence-electron chi connectivity index (χ1n) is 7.78. The number of aliphatic hydroxyl groups excluding tert-OH is 1. The van der Waals surface area contributed by atoms with Crippen LogP contribution in [-0.2, 0) is 6.54 Å². The molecule has 1 aromatic rings. The molecule has 20 heavy (non-hydrogen) atoms. The molecule has 0 unspecified atom stereocenters. The lowest BCUT2D eigenvalue weighted by molar-refractivity contribution is 0.154. The smallest absolute Gasteiger partial charge is 0.118 e. The fourth-order valence-electron chi connectivity index (χ4n) is 3.10. The monoisotopic (exact) mass is 277 g/mol. The molecule has 1 saturated carbocycles. The summed E-state index contributed by atoms with van der Waals surface area (Å²) in [5.74, 6) is 1.71. The highest BCUT2D eigenvalue weighted by molar-refractivity contribution is 5.27. The minimum Gasteiger partial charge on any atom is -0.497 e. The van der Waals surface area contributed by atoms with Gasteiger partial charge in [-0.1, -0.05) is 31.4 Å². The van der Waals surface area contributed by atoms with Gasteiger partial charge in [0, 0.05) is 19.6 Å². The summed E-state index contributed by atoms with van der Waals surface area (Å²) in [4.78, 5) is 2.39. The maximum absolute atomic E-state index is 9.26. The number of hydrogen-bond donors (Lipinski definition) is 1. The Morgan fingerprint density at radius 2 is 1.85 bits per heavy atom. The van der Waals surface area contributed by atoms with Crippen LogP contribution >= 0.6 is 0 Å². The van der Waals surface area contributed by atoms with Crippen molar-refractivity contribution in [2.24, 2.45) is 5.92 Å². The summed E-state index contributed by atoms with van der Waals surface area (Å²) >= 11 is 0. The van der Waals surface area contributed by atoms with E-state index in [-0.39, 0.29) is 6.61 Å². The van der Waals surface area contributed by atoms with E-state index in [0.29, 0.717) is 0 Å². The quantitative estimate of drug-likeness (QED) is 0.831. The van der Waals surface area contributed by atoms with Crippen molar-refractivity contribution in [2.75, 3.05) is 26.8 Å². The molecule has 0 aromatic heterocycles.